The first-order valence-corrected chi connectivity index (χ1v) is 9.81. The Hall–Kier alpha value is -2.69. The molecule has 0 spiro atoms. The fourth-order valence-electron chi connectivity index (χ4n) is 3.63. The molecule has 0 bridgehead atoms. The Bertz CT molecular complexity index is 753. The van der Waals surface area contributed by atoms with E-state index in [4.69, 9.17) is 10.5 Å². The Morgan fingerprint density at radius 3 is 2.52 bits per heavy atom. The number of amides is 1. The van der Waals surface area contributed by atoms with Crippen molar-refractivity contribution in [3.05, 3.63) is 53.6 Å². The highest BCUT2D eigenvalue weighted by Gasteiger charge is 2.15. The molecule has 1 amide bonds. The fraction of sp³-hybridized carbons (Fsp3) is 0.409. The summed E-state index contributed by atoms with van der Waals surface area (Å²) in [6.07, 6.45) is 6.23. The Kier molecular flexibility index (Phi) is 6.58. The molecule has 27 heavy (non-hydrogen) atoms. The number of hydrogen-bond donors (Lipinski definition) is 3. The van der Waals surface area contributed by atoms with Crippen LogP contribution < -0.4 is 16.4 Å². The quantitative estimate of drug-likeness (QED) is 0.590. The lowest BCUT2D eigenvalue weighted by Gasteiger charge is -2.22. The average molecular weight is 367 g/mol. The number of benzene rings is 2. The predicted octanol–water partition coefficient (Wildman–Crippen LogP) is 5.50. The maximum absolute atomic E-state index is 11.5. The van der Waals surface area contributed by atoms with Crippen LogP contribution >= 0.6 is 0 Å². The van der Waals surface area contributed by atoms with Gasteiger partial charge in [0, 0.05) is 12.2 Å². The van der Waals surface area contributed by atoms with Crippen LogP contribution in [0.25, 0.3) is 0 Å². The van der Waals surface area contributed by atoms with E-state index in [2.05, 4.69) is 34.9 Å². The molecule has 0 unspecified atom stereocenters. The molecule has 0 atom stereocenters. The molecule has 0 radical (unpaired) electrons. The smallest absolute Gasteiger partial charge is 0.411 e. The van der Waals surface area contributed by atoms with Gasteiger partial charge in [0.2, 0.25) is 0 Å². The van der Waals surface area contributed by atoms with Crippen LogP contribution in [0.2, 0.25) is 0 Å². The van der Waals surface area contributed by atoms with Crippen molar-refractivity contribution in [2.75, 3.05) is 23.0 Å². The van der Waals surface area contributed by atoms with Gasteiger partial charge in [-0.05, 0) is 61.1 Å². The highest BCUT2D eigenvalue weighted by atomic mass is 16.5. The monoisotopic (exact) mass is 367 g/mol. The minimum atomic E-state index is -0.492. The maximum atomic E-state index is 11.5. The van der Waals surface area contributed by atoms with Gasteiger partial charge < -0.3 is 15.8 Å². The minimum Gasteiger partial charge on any atom is -0.450 e. The van der Waals surface area contributed by atoms with E-state index < -0.39 is 6.09 Å². The minimum absolute atomic E-state index is 0.327. The summed E-state index contributed by atoms with van der Waals surface area (Å²) in [5, 5.41) is 6.07. The van der Waals surface area contributed by atoms with Crippen molar-refractivity contribution in [1.82, 2.24) is 0 Å². The van der Waals surface area contributed by atoms with Crippen molar-refractivity contribution in [2.24, 2.45) is 0 Å². The van der Waals surface area contributed by atoms with E-state index in [-0.39, 0.29) is 0 Å². The Balaban J connectivity index is 1.55. The lowest BCUT2D eigenvalue weighted by Crippen LogP contribution is -2.14. The standard InChI is InChI=1S/C22H29N3O2/c1-2-27-22(26)25-21-13-8-16(14-20(21)23)15-24-19-11-9-18(10-12-19)17-6-4-3-5-7-17/h8-14,17,24H,2-7,15,23H2,1H3,(H,25,26). The van der Waals surface area contributed by atoms with E-state index in [1.807, 2.05) is 12.1 Å². The normalized spacial score (nSPS) is 14.6. The van der Waals surface area contributed by atoms with Gasteiger partial charge in [-0.3, -0.25) is 5.32 Å². The lowest BCUT2D eigenvalue weighted by molar-refractivity contribution is 0.168. The molecule has 2 aromatic rings. The van der Waals surface area contributed by atoms with Crippen molar-refractivity contribution in [3.8, 4) is 0 Å². The molecular weight excluding hydrogens is 338 g/mol. The first-order chi connectivity index (χ1) is 13.2. The summed E-state index contributed by atoms with van der Waals surface area (Å²) in [5.74, 6) is 0.729. The average Bonchev–Trinajstić information content (AvgIpc) is 2.69. The molecule has 1 aliphatic rings. The zero-order chi connectivity index (χ0) is 19.1. The molecule has 0 aromatic heterocycles. The molecule has 1 fully saturated rings. The first-order valence-electron chi connectivity index (χ1n) is 9.81. The van der Waals surface area contributed by atoms with E-state index in [1.54, 1.807) is 13.0 Å². The van der Waals surface area contributed by atoms with Crippen LogP contribution in [0.15, 0.2) is 42.5 Å². The van der Waals surface area contributed by atoms with Gasteiger partial charge in [0.05, 0.1) is 18.0 Å². The number of carbonyl (C=O) groups excluding carboxylic acids is 1. The number of carbonyl (C=O) groups is 1. The summed E-state index contributed by atoms with van der Waals surface area (Å²) in [7, 11) is 0. The zero-order valence-electron chi connectivity index (χ0n) is 16.0. The molecule has 0 saturated heterocycles. The van der Waals surface area contributed by atoms with Crippen molar-refractivity contribution < 1.29 is 9.53 Å². The largest absolute Gasteiger partial charge is 0.450 e. The van der Waals surface area contributed by atoms with E-state index in [0.29, 0.717) is 24.5 Å². The SMILES string of the molecule is CCOC(=O)Nc1ccc(CNc2ccc(C3CCCCC3)cc2)cc1N. The van der Waals surface area contributed by atoms with Crippen LogP contribution in [0.4, 0.5) is 21.9 Å². The molecule has 4 N–H and O–H groups in total. The van der Waals surface area contributed by atoms with Gasteiger partial charge >= 0.3 is 6.09 Å². The molecule has 144 valence electrons. The van der Waals surface area contributed by atoms with Crippen molar-refractivity contribution in [2.45, 2.75) is 51.5 Å². The molecule has 1 saturated carbocycles. The summed E-state index contributed by atoms with van der Waals surface area (Å²) >= 11 is 0. The summed E-state index contributed by atoms with van der Waals surface area (Å²) in [4.78, 5) is 11.5. The van der Waals surface area contributed by atoms with Gasteiger partial charge in [0.15, 0.2) is 0 Å². The van der Waals surface area contributed by atoms with Crippen LogP contribution in [-0.2, 0) is 11.3 Å². The number of rotatable bonds is 6. The van der Waals surface area contributed by atoms with E-state index >= 15 is 0 Å². The summed E-state index contributed by atoms with van der Waals surface area (Å²) in [6, 6.07) is 14.4. The lowest BCUT2D eigenvalue weighted by atomic mass is 9.84. The summed E-state index contributed by atoms with van der Waals surface area (Å²) in [5.41, 5.74) is 10.7. The van der Waals surface area contributed by atoms with Crippen LogP contribution in [0, 0.1) is 0 Å². The first kappa shape index (κ1) is 19.1. The van der Waals surface area contributed by atoms with E-state index in [1.165, 1.54) is 37.7 Å². The van der Waals surface area contributed by atoms with E-state index in [0.717, 1.165) is 17.2 Å². The van der Waals surface area contributed by atoms with Crippen molar-refractivity contribution >= 4 is 23.2 Å². The summed E-state index contributed by atoms with van der Waals surface area (Å²) < 4.78 is 4.87. The molecule has 1 aliphatic carbocycles. The van der Waals surface area contributed by atoms with Crippen LogP contribution in [-0.4, -0.2) is 12.7 Å². The second-order valence-electron chi connectivity index (χ2n) is 7.08. The fourth-order valence-corrected chi connectivity index (χ4v) is 3.63. The zero-order valence-corrected chi connectivity index (χ0v) is 16.0. The number of nitrogens with one attached hydrogen (secondary N) is 2. The number of nitrogens with two attached hydrogens (primary N) is 1. The second kappa shape index (κ2) is 9.31. The molecular formula is C22H29N3O2. The van der Waals surface area contributed by atoms with Gasteiger partial charge in [-0.15, -0.1) is 0 Å². The van der Waals surface area contributed by atoms with Crippen molar-refractivity contribution in [1.29, 1.82) is 0 Å². The molecule has 2 aromatic carbocycles. The molecule has 0 aliphatic heterocycles. The maximum Gasteiger partial charge on any atom is 0.411 e. The Morgan fingerprint density at radius 2 is 1.85 bits per heavy atom. The third kappa shape index (κ3) is 5.39. The molecule has 5 heteroatoms. The topological polar surface area (TPSA) is 76.4 Å². The van der Waals surface area contributed by atoms with Crippen LogP contribution in [0.1, 0.15) is 56.1 Å². The highest BCUT2D eigenvalue weighted by molar-refractivity contribution is 5.89. The molecule has 0 heterocycles. The predicted molar refractivity (Wildman–Crippen MR) is 111 cm³/mol. The van der Waals surface area contributed by atoms with Gasteiger partial charge in [-0.25, -0.2) is 4.79 Å². The van der Waals surface area contributed by atoms with Crippen molar-refractivity contribution in [3.63, 3.8) is 0 Å². The number of anilines is 3. The van der Waals surface area contributed by atoms with Gasteiger partial charge in [0.1, 0.15) is 0 Å². The van der Waals surface area contributed by atoms with Gasteiger partial charge in [-0.2, -0.15) is 0 Å². The molecule has 3 rings (SSSR count). The van der Waals surface area contributed by atoms with Crippen LogP contribution in [0.3, 0.4) is 0 Å². The Morgan fingerprint density at radius 1 is 1.11 bits per heavy atom. The van der Waals surface area contributed by atoms with Gasteiger partial charge in [0.25, 0.3) is 0 Å². The number of ether oxygens (including phenoxy) is 1. The summed E-state index contributed by atoms with van der Waals surface area (Å²) in [6.45, 7) is 2.76. The van der Waals surface area contributed by atoms with E-state index in [9.17, 15) is 4.79 Å². The number of nitrogen functional groups attached to an aromatic ring is 1. The molecule has 5 nitrogen and oxygen atoms in total. The third-order valence-corrected chi connectivity index (χ3v) is 5.11. The highest BCUT2D eigenvalue weighted by Crippen LogP contribution is 2.33. The van der Waals surface area contributed by atoms with Crippen LogP contribution in [0.5, 0.6) is 0 Å². The second-order valence-corrected chi connectivity index (χ2v) is 7.08. The number of hydrogen-bond acceptors (Lipinski definition) is 4. The van der Waals surface area contributed by atoms with Gasteiger partial charge in [-0.1, -0.05) is 37.5 Å². The third-order valence-electron chi connectivity index (χ3n) is 5.11. The Labute approximate surface area is 161 Å².